The van der Waals surface area contributed by atoms with Gasteiger partial charge in [-0.15, -0.1) is 0 Å². The maximum Gasteiger partial charge on any atom is 0.148 e. The van der Waals surface area contributed by atoms with E-state index < -0.39 is 0 Å². The Morgan fingerprint density at radius 2 is 1.89 bits per heavy atom. The van der Waals surface area contributed by atoms with Crippen LogP contribution in [0, 0.1) is 12.7 Å². The molecular formula is C23H21FN4. The van der Waals surface area contributed by atoms with Crippen molar-refractivity contribution in [2.75, 3.05) is 0 Å². The van der Waals surface area contributed by atoms with Crippen LogP contribution in [-0.4, -0.2) is 19.5 Å². The summed E-state index contributed by atoms with van der Waals surface area (Å²) < 4.78 is 17.1. The number of hydrogen-bond acceptors (Lipinski definition) is 3. The Bertz CT molecular complexity index is 1140. The molecule has 1 aliphatic rings. The fourth-order valence-corrected chi connectivity index (χ4v) is 4.18. The summed E-state index contributed by atoms with van der Waals surface area (Å²) in [5.74, 6) is 0.825. The molecular weight excluding hydrogens is 351 g/mol. The summed E-state index contributed by atoms with van der Waals surface area (Å²) in [6.45, 7) is 1.94. The lowest BCUT2D eigenvalue weighted by atomic mass is 9.96. The van der Waals surface area contributed by atoms with Crippen molar-refractivity contribution in [3.63, 3.8) is 0 Å². The molecule has 28 heavy (non-hydrogen) atoms. The van der Waals surface area contributed by atoms with Crippen molar-refractivity contribution in [2.24, 2.45) is 0 Å². The quantitative estimate of drug-likeness (QED) is 0.471. The first kappa shape index (κ1) is 17.0. The molecule has 1 fully saturated rings. The SMILES string of the molecule is Cc1ccc(-n2c(-c3ccc(C4CCCC4)cc3F)nc3ccncc32)cn1. The van der Waals surface area contributed by atoms with Gasteiger partial charge in [0.1, 0.15) is 11.6 Å². The lowest BCUT2D eigenvalue weighted by Gasteiger charge is -2.13. The molecule has 140 valence electrons. The fourth-order valence-electron chi connectivity index (χ4n) is 4.18. The van der Waals surface area contributed by atoms with Crippen LogP contribution in [0.5, 0.6) is 0 Å². The number of aromatic nitrogens is 4. The first-order chi connectivity index (χ1) is 13.7. The Labute approximate surface area is 163 Å². The van der Waals surface area contributed by atoms with Gasteiger partial charge in [-0.1, -0.05) is 18.9 Å². The number of pyridine rings is 2. The van der Waals surface area contributed by atoms with Crippen molar-refractivity contribution in [2.45, 2.75) is 38.5 Å². The van der Waals surface area contributed by atoms with Crippen LogP contribution < -0.4 is 0 Å². The Morgan fingerprint density at radius 3 is 2.64 bits per heavy atom. The third kappa shape index (κ3) is 2.87. The number of hydrogen-bond donors (Lipinski definition) is 0. The normalized spacial score (nSPS) is 14.8. The summed E-state index contributed by atoms with van der Waals surface area (Å²) in [7, 11) is 0. The van der Waals surface area contributed by atoms with Gasteiger partial charge in [0.05, 0.1) is 34.7 Å². The molecule has 0 amide bonds. The number of nitrogens with zero attached hydrogens (tertiary/aromatic N) is 4. The highest BCUT2D eigenvalue weighted by Crippen LogP contribution is 2.36. The molecule has 3 heterocycles. The number of imidazole rings is 1. The van der Waals surface area contributed by atoms with Crippen LogP contribution in [-0.2, 0) is 0 Å². The maximum atomic E-state index is 15.2. The lowest BCUT2D eigenvalue weighted by molar-refractivity contribution is 0.620. The van der Waals surface area contributed by atoms with E-state index >= 15 is 4.39 Å². The molecule has 0 N–H and O–H groups in total. The third-order valence-electron chi connectivity index (χ3n) is 5.67. The van der Waals surface area contributed by atoms with Crippen LogP contribution in [0.25, 0.3) is 28.1 Å². The summed E-state index contributed by atoms with van der Waals surface area (Å²) in [6, 6.07) is 11.4. The average molecular weight is 372 g/mol. The van der Waals surface area contributed by atoms with Crippen LogP contribution in [0.4, 0.5) is 4.39 Å². The molecule has 0 bridgehead atoms. The van der Waals surface area contributed by atoms with Crippen molar-refractivity contribution >= 4 is 11.0 Å². The zero-order valence-electron chi connectivity index (χ0n) is 15.8. The van der Waals surface area contributed by atoms with E-state index in [1.54, 1.807) is 24.7 Å². The van der Waals surface area contributed by atoms with Gasteiger partial charge >= 0.3 is 0 Å². The van der Waals surface area contributed by atoms with E-state index in [1.807, 2.05) is 35.8 Å². The highest BCUT2D eigenvalue weighted by atomic mass is 19.1. The van der Waals surface area contributed by atoms with E-state index in [0.717, 1.165) is 40.8 Å². The third-order valence-corrected chi connectivity index (χ3v) is 5.67. The first-order valence-corrected chi connectivity index (χ1v) is 9.76. The predicted molar refractivity (Wildman–Crippen MR) is 108 cm³/mol. The van der Waals surface area contributed by atoms with Crippen molar-refractivity contribution in [1.82, 2.24) is 19.5 Å². The fraction of sp³-hybridized carbons (Fsp3) is 0.261. The molecule has 1 saturated carbocycles. The van der Waals surface area contributed by atoms with Gasteiger partial charge in [-0.2, -0.15) is 0 Å². The Morgan fingerprint density at radius 1 is 1.04 bits per heavy atom. The van der Waals surface area contributed by atoms with E-state index in [4.69, 9.17) is 4.98 Å². The Balaban J connectivity index is 1.68. The largest absolute Gasteiger partial charge is 0.289 e. The number of fused-ring (bicyclic) bond motifs is 1. The van der Waals surface area contributed by atoms with Crippen molar-refractivity contribution < 1.29 is 4.39 Å². The predicted octanol–water partition coefficient (Wildman–Crippen LogP) is 5.59. The second-order valence-corrected chi connectivity index (χ2v) is 7.51. The topological polar surface area (TPSA) is 43.6 Å². The minimum atomic E-state index is -0.228. The molecule has 0 atom stereocenters. The zero-order valence-corrected chi connectivity index (χ0v) is 15.8. The van der Waals surface area contributed by atoms with Crippen LogP contribution in [0.15, 0.2) is 55.0 Å². The van der Waals surface area contributed by atoms with E-state index in [9.17, 15) is 0 Å². The molecule has 0 saturated heterocycles. The van der Waals surface area contributed by atoms with Gasteiger partial charge in [0, 0.05) is 11.9 Å². The molecule has 4 nitrogen and oxygen atoms in total. The van der Waals surface area contributed by atoms with Gasteiger partial charge in [-0.05, 0) is 61.6 Å². The van der Waals surface area contributed by atoms with E-state index in [2.05, 4.69) is 16.0 Å². The molecule has 1 aliphatic carbocycles. The van der Waals surface area contributed by atoms with Crippen LogP contribution in [0.1, 0.15) is 42.9 Å². The summed E-state index contributed by atoms with van der Waals surface area (Å²) in [5.41, 5.74) is 4.99. The summed E-state index contributed by atoms with van der Waals surface area (Å²) in [6.07, 6.45) is 10.0. The van der Waals surface area contributed by atoms with Gasteiger partial charge < -0.3 is 0 Å². The number of halogens is 1. The number of benzene rings is 1. The van der Waals surface area contributed by atoms with Crippen LogP contribution >= 0.6 is 0 Å². The molecule has 0 unspecified atom stereocenters. The van der Waals surface area contributed by atoms with Crippen molar-refractivity contribution in [1.29, 1.82) is 0 Å². The number of aryl methyl sites for hydroxylation is 1. The summed E-state index contributed by atoms with van der Waals surface area (Å²) in [4.78, 5) is 13.4. The van der Waals surface area contributed by atoms with Gasteiger partial charge in [0.25, 0.3) is 0 Å². The van der Waals surface area contributed by atoms with Gasteiger partial charge in [-0.3, -0.25) is 14.5 Å². The minimum absolute atomic E-state index is 0.228. The van der Waals surface area contributed by atoms with Crippen molar-refractivity contribution in [3.05, 3.63) is 72.1 Å². The summed E-state index contributed by atoms with van der Waals surface area (Å²) >= 11 is 0. The monoisotopic (exact) mass is 372 g/mol. The molecule has 0 spiro atoms. The van der Waals surface area contributed by atoms with Gasteiger partial charge in [0.15, 0.2) is 0 Å². The molecule has 4 aromatic rings. The van der Waals surface area contributed by atoms with E-state index in [1.165, 1.54) is 12.8 Å². The Kier molecular flexibility index (Phi) is 4.15. The second-order valence-electron chi connectivity index (χ2n) is 7.51. The Hall–Kier alpha value is -3.08. The minimum Gasteiger partial charge on any atom is -0.289 e. The van der Waals surface area contributed by atoms with Crippen molar-refractivity contribution in [3.8, 4) is 17.1 Å². The molecule has 0 aliphatic heterocycles. The molecule has 5 heteroatoms. The number of rotatable bonds is 3. The first-order valence-electron chi connectivity index (χ1n) is 9.76. The van der Waals surface area contributed by atoms with E-state index in [0.29, 0.717) is 17.3 Å². The molecule has 1 aromatic carbocycles. The summed E-state index contributed by atoms with van der Waals surface area (Å²) in [5, 5.41) is 0. The highest BCUT2D eigenvalue weighted by Gasteiger charge is 2.21. The van der Waals surface area contributed by atoms with E-state index in [-0.39, 0.29) is 5.82 Å². The average Bonchev–Trinajstić information content (AvgIpc) is 3.37. The lowest BCUT2D eigenvalue weighted by Crippen LogP contribution is -2.01. The zero-order chi connectivity index (χ0) is 19.1. The van der Waals surface area contributed by atoms with Crippen LogP contribution in [0.2, 0.25) is 0 Å². The maximum absolute atomic E-state index is 15.2. The standard InChI is InChI=1S/C23H21FN4/c1-15-6-8-18(13-26-15)28-22-14-25-11-10-21(22)27-23(28)19-9-7-17(12-20(19)24)16-4-2-3-5-16/h6-14,16H,2-5H2,1H3. The van der Waals surface area contributed by atoms with Gasteiger partial charge in [-0.25, -0.2) is 9.37 Å². The van der Waals surface area contributed by atoms with Gasteiger partial charge in [0.2, 0.25) is 0 Å². The smallest absolute Gasteiger partial charge is 0.148 e. The molecule has 0 radical (unpaired) electrons. The van der Waals surface area contributed by atoms with Crippen LogP contribution in [0.3, 0.4) is 0 Å². The molecule has 3 aromatic heterocycles. The molecule has 5 rings (SSSR count). The second kappa shape index (κ2) is 6.82. The highest BCUT2D eigenvalue weighted by molar-refractivity contribution is 5.82.